The topological polar surface area (TPSA) is 88.2 Å². The van der Waals surface area contributed by atoms with Crippen molar-refractivity contribution < 1.29 is 28.2 Å². The molecular formula is C10H14F3N3O3. The molecule has 0 saturated heterocycles. The molecule has 0 aromatic carbocycles. The van der Waals surface area contributed by atoms with Gasteiger partial charge in [0.25, 0.3) is 0 Å². The van der Waals surface area contributed by atoms with Crippen molar-refractivity contribution in [1.29, 1.82) is 0 Å². The minimum atomic E-state index is -4.80. The van der Waals surface area contributed by atoms with Crippen LogP contribution in [0.3, 0.4) is 0 Å². The lowest BCUT2D eigenvalue weighted by atomic mass is 9.90. The molecule has 0 spiro atoms. The average molecular weight is 281 g/mol. The maximum Gasteiger partial charge on any atom is 0.416 e. The van der Waals surface area contributed by atoms with Gasteiger partial charge in [0.15, 0.2) is 11.8 Å². The van der Waals surface area contributed by atoms with Crippen LogP contribution in [0, 0.1) is 0 Å². The van der Waals surface area contributed by atoms with Gasteiger partial charge in [0.2, 0.25) is 0 Å². The van der Waals surface area contributed by atoms with Crippen molar-refractivity contribution >= 4 is 5.97 Å². The zero-order valence-electron chi connectivity index (χ0n) is 10.6. The number of carboxylic acid groups (broad SMARTS) is 1. The minimum Gasteiger partial charge on any atom is -0.476 e. The molecule has 108 valence electrons. The molecule has 1 atom stereocenters. The zero-order chi connectivity index (χ0) is 15.0. The highest BCUT2D eigenvalue weighted by Gasteiger charge is 2.40. The first-order chi connectivity index (χ1) is 8.44. The summed E-state index contributed by atoms with van der Waals surface area (Å²) in [6.45, 7) is 3.97. The lowest BCUT2D eigenvalue weighted by Crippen LogP contribution is -2.35. The summed E-state index contributed by atoms with van der Waals surface area (Å²) >= 11 is 0. The molecule has 6 nitrogen and oxygen atoms in total. The second-order valence-corrected chi connectivity index (χ2v) is 5.08. The van der Waals surface area contributed by atoms with Crippen molar-refractivity contribution in [3.05, 3.63) is 11.4 Å². The molecule has 1 unspecified atom stereocenters. The third-order valence-corrected chi connectivity index (χ3v) is 2.37. The second-order valence-electron chi connectivity index (χ2n) is 5.08. The van der Waals surface area contributed by atoms with Crippen LogP contribution in [0.25, 0.3) is 0 Å². The number of nitrogens with zero attached hydrogens (tertiary/aromatic N) is 3. The number of aliphatic hydroxyl groups excluding tert-OH is 1. The third-order valence-electron chi connectivity index (χ3n) is 2.37. The van der Waals surface area contributed by atoms with Gasteiger partial charge in [-0.1, -0.05) is 26.0 Å². The smallest absolute Gasteiger partial charge is 0.416 e. The fourth-order valence-corrected chi connectivity index (χ4v) is 1.59. The SMILES string of the molecule is CC(C)(C)c1c(C(=O)O)nnn1CC(O)C(F)(F)F. The highest BCUT2D eigenvalue weighted by Crippen LogP contribution is 2.27. The average Bonchev–Trinajstić information content (AvgIpc) is 2.59. The van der Waals surface area contributed by atoms with Crippen LogP contribution >= 0.6 is 0 Å². The van der Waals surface area contributed by atoms with Crippen LogP contribution in [0.1, 0.15) is 37.0 Å². The molecule has 0 fully saturated rings. The van der Waals surface area contributed by atoms with E-state index in [4.69, 9.17) is 10.2 Å². The van der Waals surface area contributed by atoms with Crippen molar-refractivity contribution in [2.75, 3.05) is 0 Å². The maximum atomic E-state index is 12.3. The van der Waals surface area contributed by atoms with E-state index in [1.54, 1.807) is 20.8 Å². The molecule has 1 aromatic heterocycles. The Hall–Kier alpha value is -1.64. The van der Waals surface area contributed by atoms with E-state index >= 15 is 0 Å². The van der Waals surface area contributed by atoms with E-state index in [0.29, 0.717) is 0 Å². The molecule has 1 aromatic rings. The van der Waals surface area contributed by atoms with Crippen molar-refractivity contribution in [3.63, 3.8) is 0 Å². The van der Waals surface area contributed by atoms with Gasteiger partial charge in [-0.15, -0.1) is 5.10 Å². The van der Waals surface area contributed by atoms with Crippen LogP contribution in [0.15, 0.2) is 0 Å². The van der Waals surface area contributed by atoms with Gasteiger partial charge in [0, 0.05) is 5.41 Å². The Morgan fingerprint density at radius 2 is 1.89 bits per heavy atom. The molecular weight excluding hydrogens is 267 g/mol. The monoisotopic (exact) mass is 281 g/mol. The number of aromatic nitrogens is 3. The van der Waals surface area contributed by atoms with E-state index < -0.39 is 35.9 Å². The van der Waals surface area contributed by atoms with Crippen molar-refractivity contribution in [2.24, 2.45) is 0 Å². The first kappa shape index (κ1) is 15.4. The molecule has 1 rings (SSSR count). The Bertz CT molecular complexity index is 477. The molecule has 0 aliphatic heterocycles. The highest BCUT2D eigenvalue weighted by atomic mass is 19.4. The van der Waals surface area contributed by atoms with E-state index in [9.17, 15) is 18.0 Å². The molecule has 0 aliphatic rings. The van der Waals surface area contributed by atoms with Gasteiger partial charge in [-0.05, 0) is 0 Å². The predicted molar refractivity (Wildman–Crippen MR) is 57.7 cm³/mol. The fraction of sp³-hybridized carbons (Fsp3) is 0.700. The summed E-state index contributed by atoms with van der Waals surface area (Å²) in [5.74, 6) is -1.38. The van der Waals surface area contributed by atoms with E-state index in [1.807, 2.05) is 0 Å². The number of carboxylic acids is 1. The molecule has 1 heterocycles. The summed E-state index contributed by atoms with van der Waals surface area (Å²) in [4.78, 5) is 11.0. The van der Waals surface area contributed by atoms with Crippen molar-refractivity contribution in [2.45, 2.75) is 45.0 Å². The molecule has 0 amide bonds. The summed E-state index contributed by atoms with van der Waals surface area (Å²) < 4.78 is 37.7. The maximum absolute atomic E-state index is 12.3. The van der Waals surface area contributed by atoms with E-state index in [2.05, 4.69) is 10.3 Å². The van der Waals surface area contributed by atoms with E-state index in [1.165, 1.54) is 0 Å². The molecule has 0 radical (unpaired) electrons. The first-order valence-electron chi connectivity index (χ1n) is 5.36. The van der Waals surface area contributed by atoms with Gasteiger partial charge in [0.05, 0.1) is 12.2 Å². The number of carbonyl (C=O) groups is 1. The highest BCUT2D eigenvalue weighted by molar-refractivity contribution is 5.86. The van der Waals surface area contributed by atoms with Crippen LogP contribution in [0.4, 0.5) is 13.2 Å². The fourth-order valence-electron chi connectivity index (χ4n) is 1.59. The number of hydrogen-bond donors (Lipinski definition) is 2. The number of rotatable bonds is 3. The summed E-state index contributed by atoms with van der Waals surface area (Å²) in [6.07, 6.45) is -7.43. The standard InChI is InChI=1S/C10H14F3N3O3/c1-9(2,3)7-6(8(18)19)14-15-16(7)4-5(17)10(11,12)13/h5,17H,4H2,1-3H3,(H,18,19). The van der Waals surface area contributed by atoms with Gasteiger partial charge in [-0.25, -0.2) is 9.48 Å². The van der Waals surface area contributed by atoms with Gasteiger partial charge < -0.3 is 10.2 Å². The van der Waals surface area contributed by atoms with Gasteiger partial charge in [-0.3, -0.25) is 0 Å². The largest absolute Gasteiger partial charge is 0.476 e. The van der Waals surface area contributed by atoms with Gasteiger partial charge >= 0.3 is 12.1 Å². The third kappa shape index (κ3) is 3.43. The number of aromatic carboxylic acids is 1. The lowest BCUT2D eigenvalue weighted by Gasteiger charge is -2.22. The normalized spacial score (nSPS) is 14.5. The minimum absolute atomic E-state index is 0.0308. The first-order valence-corrected chi connectivity index (χ1v) is 5.36. The van der Waals surface area contributed by atoms with Crippen LogP contribution in [0.5, 0.6) is 0 Å². The van der Waals surface area contributed by atoms with Crippen LogP contribution in [0.2, 0.25) is 0 Å². The number of halogens is 3. The van der Waals surface area contributed by atoms with E-state index in [0.717, 1.165) is 4.68 Å². The summed E-state index contributed by atoms with van der Waals surface area (Å²) in [7, 11) is 0. The Morgan fingerprint density at radius 1 is 1.37 bits per heavy atom. The van der Waals surface area contributed by atoms with Crippen molar-refractivity contribution in [1.82, 2.24) is 15.0 Å². The van der Waals surface area contributed by atoms with E-state index in [-0.39, 0.29) is 5.69 Å². The Labute approximate surface area is 106 Å². The number of alkyl halides is 3. The zero-order valence-corrected chi connectivity index (χ0v) is 10.6. The van der Waals surface area contributed by atoms with Gasteiger partial charge in [-0.2, -0.15) is 13.2 Å². The van der Waals surface area contributed by atoms with Crippen molar-refractivity contribution in [3.8, 4) is 0 Å². The van der Waals surface area contributed by atoms with Crippen LogP contribution in [-0.4, -0.2) is 43.5 Å². The molecule has 0 saturated carbocycles. The number of aliphatic hydroxyl groups is 1. The Kier molecular flexibility index (Phi) is 3.89. The number of hydrogen-bond acceptors (Lipinski definition) is 4. The summed E-state index contributed by atoms with van der Waals surface area (Å²) in [5.41, 5.74) is -1.16. The lowest BCUT2D eigenvalue weighted by molar-refractivity contribution is -0.208. The Morgan fingerprint density at radius 3 is 2.26 bits per heavy atom. The quantitative estimate of drug-likeness (QED) is 0.869. The van der Waals surface area contributed by atoms with Crippen LogP contribution in [-0.2, 0) is 12.0 Å². The summed E-state index contributed by atoms with van der Waals surface area (Å²) in [6, 6.07) is 0. The second kappa shape index (κ2) is 4.80. The van der Waals surface area contributed by atoms with Crippen LogP contribution < -0.4 is 0 Å². The predicted octanol–water partition coefficient (Wildman–Crippen LogP) is 1.20. The molecule has 9 heteroatoms. The molecule has 19 heavy (non-hydrogen) atoms. The molecule has 0 aliphatic carbocycles. The molecule has 2 N–H and O–H groups in total. The summed E-state index contributed by atoms with van der Waals surface area (Å²) in [5, 5.41) is 24.7. The Balaban J connectivity index is 3.20. The van der Waals surface area contributed by atoms with Gasteiger partial charge in [0.1, 0.15) is 0 Å². The molecule has 0 bridgehead atoms.